The lowest BCUT2D eigenvalue weighted by molar-refractivity contribution is -0.146. The number of anilines is 1. The van der Waals surface area contributed by atoms with Crippen molar-refractivity contribution >= 4 is 11.5 Å². The van der Waals surface area contributed by atoms with Gasteiger partial charge in [-0.3, -0.25) is 4.68 Å². The van der Waals surface area contributed by atoms with Crippen molar-refractivity contribution in [2.24, 2.45) is 7.05 Å². The van der Waals surface area contributed by atoms with E-state index in [4.69, 9.17) is 0 Å². The molecular weight excluding hydrogens is 299 g/mol. The molecule has 7 nitrogen and oxygen atoms in total. The molecule has 3 rings (SSSR count). The van der Waals surface area contributed by atoms with E-state index < -0.39 is 12.0 Å². The minimum atomic E-state index is -4.60. The Morgan fingerprint density at radius 1 is 1.23 bits per heavy atom. The SMILES string of the molecule is CN(Cc1cnn(C)c1)c1ccc2nnc(C(F)(F)F)n2n1. The summed E-state index contributed by atoms with van der Waals surface area (Å²) >= 11 is 0. The molecule has 0 aliphatic rings. The van der Waals surface area contributed by atoms with Crippen LogP contribution in [0.3, 0.4) is 0 Å². The van der Waals surface area contributed by atoms with Crippen molar-refractivity contribution in [3.63, 3.8) is 0 Å². The molecule has 0 amide bonds. The predicted molar refractivity (Wildman–Crippen MR) is 71.1 cm³/mol. The number of hydrogen-bond acceptors (Lipinski definition) is 5. The fraction of sp³-hybridized carbons (Fsp3) is 0.333. The van der Waals surface area contributed by atoms with E-state index in [1.807, 2.05) is 6.20 Å². The lowest BCUT2D eigenvalue weighted by atomic mass is 10.3. The summed E-state index contributed by atoms with van der Waals surface area (Å²) in [6.07, 6.45) is -1.09. The first-order valence-electron chi connectivity index (χ1n) is 6.33. The number of aromatic nitrogens is 6. The highest BCUT2D eigenvalue weighted by molar-refractivity contribution is 5.45. The van der Waals surface area contributed by atoms with Gasteiger partial charge >= 0.3 is 6.18 Å². The molecule has 3 aromatic heterocycles. The van der Waals surface area contributed by atoms with Crippen LogP contribution in [0.4, 0.5) is 19.0 Å². The van der Waals surface area contributed by atoms with Crippen molar-refractivity contribution < 1.29 is 13.2 Å². The Morgan fingerprint density at radius 2 is 2.00 bits per heavy atom. The lowest BCUT2D eigenvalue weighted by Gasteiger charge is -2.17. The Kier molecular flexibility index (Phi) is 3.23. The van der Waals surface area contributed by atoms with Crippen LogP contribution in [-0.4, -0.2) is 36.6 Å². The molecule has 3 heterocycles. The van der Waals surface area contributed by atoms with Crippen molar-refractivity contribution in [3.05, 3.63) is 35.9 Å². The van der Waals surface area contributed by atoms with Gasteiger partial charge in [0, 0.05) is 32.4 Å². The summed E-state index contributed by atoms with van der Waals surface area (Å²) in [5.41, 5.74) is 0.970. The van der Waals surface area contributed by atoms with Gasteiger partial charge in [0.15, 0.2) is 5.65 Å². The van der Waals surface area contributed by atoms with Gasteiger partial charge in [0.1, 0.15) is 5.82 Å². The molecule has 0 aromatic carbocycles. The van der Waals surface area contributed by atoms with Crippen LogP contribution in [0.5, 0.6) is 0 Å². The molecule has 0 saturated carbocycles. The summed E-state index contributed by atoms with van der Waals surface area (Å²) in [7, 11) is 3.53. The molecule has 0 fully saturated rings. The third-order valence-corrected chi connectivity index (χ3v) is 3.07. The molecule has 0 N–H and O–H groups in total. The maximum absolute atomic E-state index is 12.8. The first-order chi connectivity index (χ1) is 10.3. The molecule has 0 bridgehead atoms. The predicted octanol–water partition coefficient (Wildman–Crippen LogP) is 1.51. The molecule has 0 saturated heterocycles. The molecule has 0 spiro atoms. The van der Waals surface area contributed by atoms with E-state index in [1.165, 1.54) is 6.07 Å². The van der Waals surface area contributed by atoms with Gasteiger partial charge in [-0.1, -0.05) is 0 Å². The smallest absolute Gasteiger partial charge is 0.354 e. The lowest BCUT2D eigenvalue weighted by Crippen LogP contribution is -2.20. The first-order valence-corrected chi connectivity index (χ1v) is 6.33. The van der Waals surface area contributed by atoms with E-state index >= 15 is 0 Å². The highest BCUT2D eigenvalue weighted by Crippen LogP contribution is 2.27. The summed E-state index contributed by atoms with van der Waals surface area (Å²) in [5, 5.41) is 14.6. The Bertz CT molecular complexity index is 805. The minimum absolute atomic E-state index is 0.0471. The number of fused-ring (bicyclic) bond motifs is 1. The van der Waals surface area contributed by atoms with Crippen LogP contribution in [0, 0.1) is 0 Å². The molecule has 22 heavy (non-hydrogen) atoms. The van der Waals surface area contributed by atoms with E-state index in [0.29, 0.717) is 16.9 Å². The fourth-order valence-electron chi connectivity index (χ4n) is 2.07. The van der Waals surface area contributed by atoms with Crippen molar-refractivity contribution in [3.8, 4) is 0 Å². The van der Waals surface area contributed by atoms with E-state index in [1.54, 1.807) is 35.9 Å². The van der Waals surface area contributed by atoms with Crippen LogP contribution in [0.15, 0.2) is 24.5 Å². The molecule has 0 aliphatic heterocycles. The topological polar surface area (TPSA) is 64.1 Å². The maximum Gasteiger partial charge on any atom is 0.453 e. The van der Waals surface area contributed by atoms with Gasteiger partial charge in [0.05, 0.1) is 6.20 Å². The average molecular weight is 311 g/mol. The minimum Gasteiger partial charge on any atom is -0.354 e. The number of alkyl halides is 3. The van der Waals surface area contributed by atoms with E-state index in [0.717, 1.165) is 5.56 Å². The van der Waals surface area contributed by atoms with Gasteiger partial charge in [-0.25, -0.2) is 0 Å². The van der Waals surface area contributed by atoms with Gasteiger partial charge in [-0.05, 0) is 12.1 Å². The molecule has 0 atom stereocenters. The van der Waals surface area contributed by atoms with E-state index in [-0.39, 0.29) is 5.65 Å². The van der Waals surface area contributed by atoms with Gasteiger partial charge < -0.3 is 4.90 Å². The second-order valence-electron chi connectivity index (χ2n) is 4.86. The van der Waals surface area contributed by atoms with Gasteiger partial charge in [-0.15, -0.1) is 15.3 Å². The third-order valence-electron chi connectivity index (χ3n) is 3.07. The van der Waals surface area contributed by atoms with Crippen molar-refractivity contribution in [2.75, 3.05) is 11.9 Å². The molecule has 10 heteroatoms. The standard InChI is InChI=1S/C12H12F3N7/c1-20(6-8-5-16-21(2)7-8)10-4-3-9-17-18-11(12(13,14)15)22(9)19-10/h3-5,7H,6H2,1-2H3. The summed E-state index contributed by atoms with van der Waals surface area (Å²) in [6, 6.07) is 3.05. The van der Waals surface area contributed by atoms with E-state index in [9.17, 15) is 13.2 Å². The molecule has 3 aromatic rings. The normalized spacial score (nSPS) is 12.0. The van der Waals surface area contributed by atoms with Crippen molar-refractivity contribution in [2.45, 2.75) is 12.7 Å². The Balaban J connectivity index is 1.93. The quantitative estimate of drug-likeness (QED) is 0.734. The fourth-order valence-corrected chi connectivity index (χ4v) is 2.07. The van der Waals surface area contributed by atoms with Crippen LogP contribution in [0.2, 0.25) is 0 Å². The largest absolute Gasteiger partial charge is 0.453 e. The number of rotatable bonds is 3. The Hall–Kier alpha value is -2.65. The zero-order chi connectivity index (χ0) is 15.9. The highest BCUT2D eigenvalue weighted by atomic mass is 19.4. The van der Waals surface area contributed by atoms with Crippen molar-refractivity contribution in [1.29, 1.82) is 0 Å². The van der Waals surface area contributed by atoms with Gasteiger partial charge in [0.25, 0.3) is 5.82 Å². The molecule has 0 radical (unpaired) electrons. The molecule has 0 aliphatic carbocycles. The number of aryl methyl sites for hydroxylation is 1. The third kappa shape index (κ3) is 2.59. The maximum atomic E-state index is 12.8. The number of hydrogen-bond donors (Lipinski definition) is 0. The molecule has 0 unspecified atom stereocenters. The van der Waals surface area contributed by atoms with Crippen LogP contribution >= 0.6 is 0 Å². The highest BCUT2D eigenvalue weighted by Gasteiger charge is 2.37. The van der Waals surface area contributed by atoms with E-state index in [2.05, 4.69) is 20.4 Å². The molecule has 116 valence electrons. The van der Waals surface area contributed by atoms with Crippen LogP contribution in [-0.2, 0) is 19.8 Å². The average Bonchev–Trinajstić information content (AvgIpc) is 3.03. The van der Waals surface area contributed by atoms with Crippen molar-refractivity contribution in [1.82, 2.24) is 29.6 Å². The summed E-state index contributed by atoms with van der Waals surface area (Å²) in [4.78, 5) is 1.72. The zero-order valence-electron chi connectivity index (χ0n) is 11.8. The van der Waals surface area contributed by atoms with Crippen LogP contribution < -0.4 is 4.90 Å². The summed E-state index contributed by atoms with van der Waals surface area (Å²) in [5.74, 6) is -0.763. The number of nitrogens with zero attached hydrogens (tertiary/aromatic N) is 7. The second kappa shape index (κ2) is 4.97. The van der Waals surface area contributed by atoms with Crippen LogP contribution in [0.25, 0.3) is 5.65 Å². The number of halogens is 3. The first kappa shape index (κ1) is 14.3. The summed E-state index contributed by atoms with van der Waals surface area (Å²) in [6.45, 7) is 0.468. The monoisotopic (exact) mass is 311 g/mol. The summed E-state index contributed by atoms with van der Waals surface area (Å²) < 4.78 is 40.9. The van der Waals surface area contributed by atoms with Gasteiger partial charge in [-0.2, -0.15) is 22.8 Å². The van der Waals surface area contributed by atoms with Gasteiger partial charge in [0.2, 0.25) is 0 Å². The Morgan fingerprint density at radius 3 is 2.64 bits per heavy atom. The second-order valence-corrected chi connectivity index (χ2v) is 4.86. The van der Waals surface area contributed by atoms with Crippen LogP contribution in [0.1, 0.15) is 11.4 Å². The molecular formula is C12H12F3N7. The zero-order valence-corrected chi connectivity index (χ0v) is 11.8. The Labute approximate surface area is 123 Å².